The van der Waals surface area contributed by atoms with Crippen LogP contribution >= 0.6 is 12.6 Å². The standard InChI is InChI=1S/C13H26N2S/c1-11-7-15(8-12(2)14(11)3)9-13(10-16)5-4-6-13/h11-12,16H,4-10H2,1-3H3. The molecule has 0 aromatic rings. The number of thiol groups is 1. The van der Waals surface area contributed by atoms with Gasteiger partial charge in [0.1, 0.15) is 0 Å². The van der Waals surface area contributed by atoms with Gasteiger partial charge in [-0.2, -0.15) is 12.6 Å². The lowest BCUT2D eigenvalue weighted by atomic mass is 9.69. The third kappa shape index (κ3) is 2.41. The van der Waals surface area contributed by atoms with E-state index in [-0.39, 0.29) is 0 Å². The second kappa shape index (κ2) is 4.87. The summed E-state index contributed by atoms with van der Waals surface area (Å²) in [6.07, 6.45) is 4.20. The van der Waals surface area contributed by atoms with Gasteiger partial charge in [-0.1, -0.05) is 6.42 Å². The summed E-state index contributed by atoms with van der Waals surface area (Å²) < 4.78 is 0. The van der Waals surface area contributed by atoms with Crippen molar-refractivity contribution in [2.75, 3.05) is 32.4 Å². The normalized spacial score (nSPS) is 36.0. The van der Waals surface area contributed by atoms with E-state index >= 15 is 0 Å². The Morgan fingerprint density at radius 2 is 1.75 bits per heavy atom. The summed E-state index contributed by atoms with van der Waals surface area (Å²) in [5.74, 6) is 1.07. The highest BCUT2D eigenvalue weighted by Gasteiger charge is 2.39. The number of rotatable bonds is 3. The van der Waals surface area contributed by atoms with Crippen molar-refractivity contribution >= 4 is 12.6 Å². The minimum absolute atomic E-state index is 0.554. The van der Waals surface area contributed by atoms with Gasteiger partial charge >= 0.3 is 0 Å². The zero-order chi connectivity index (χ0) is 11.8. The van der Waals surface area contributed by atoms with Crippen LogP contribution in [0.5, 0.6) is 0 Å². The zero-order valence-corrected chi connectivity index (χ0v) is 11.8. The summed E-state index contributed by atoms with van der Waals surface area (Å²) in [7, 11) is 2.25. The maximum Gasteiger partial charge on any atom is 0.0195 e. The van der Waals surface area contributed by atoms with E-state index < -0.39 is 0 Å². The first-order valence-corrected chi connectivity index (χ1v) is 7.25. The molecular formula is C13H26N2S. The highest BCUT2D eigenvalue weighted by Crippen LogP contribution is 2.42. The van der Waals surface area contributed by atoms with Gasteiger partial charge in [-0.15, -0.1) is 0 Å². The first-order valence-electron chi connectivity index (χ1n) is 6.61. The van der Waals surface area contributed by atoms with Gasteiger partial charge in [-0.05, 0) is 44.9 Å². The molecule has 2 nitrogen and oxygen atoms in total. The molecule has 0 bridgehead atoms. The first-order chi connectivity index (χ1) is 7.56. The van der Waals surface area contributed by atoms with E-state index in [4.69, 9.17) is 0 Å². The van der Waals surface area contributed by atoms with Gasteiger partial charge in [0.05, 0.1) is 0 Å². The van der Waals surface area contributed by atoms with E-state index in [0.717, 1.165) is 5.75 Å². The van der Waals surface area contributed by atoms with Gasteiger partial charge in [0.25, 0.3) is 0 Å². The molecule has 0 aromatic carbocycles. The van der Waals surface area contributed by atoms with Crippen molar-refractivity contribution in [3.63, 3.8) is 0 Å². The molecule has 2 rings (SSSR count). The van der Waals surface area contributed by atoms with Crippen LogP contribution in [0.2, 0.25) is 0 Å². The van der Waals surface area contributed by atoms with E-state index in [9.17, 15) is 0 Å². The van der Waals surface area contributed by atoms with Crippen molar-refractivity contribution in [2.45, 2.75) is 45.2 Å². The molecule has 3 heteroatoms. The summed E-state index contributed by atoms with van der Waals surface area (Å²) in [5.41, 5.74) is 0.554. The Morgan fingerprint density at radius 3 is 2.12 bits per heavy atom. The number of likely N-dealkylation sites (N-methyl/N-ethyl adjacent to an activating group) is 1. The van der Waals surface area contributed by atoms with E-state index in [1.165, 1.54) is 38.9 Å². The van der Waals surface area contributed by atoms with Gasteiger partial charge in [0.2, 0.25) is 0 Å². The summed E-state index contributed by atoms with van der Waals surface area (Å²) >= 11 is 4.56. The molecule has 1 saturated heterocycles. The fourth-order valence-electron chi connectivity index (χ4n) is 3.16. The monoisotopic (exact) mass is 242 g/mol. The summed E-state index contributed by atoms with van der Waals surface area (Å²) in [5, 5.41) is 0. The lowest BCUT2D eigenvalue weighted by molar-refractivity contribution is 0.0144. The van der Waals surface area contributed by atoms with Gasteiger partial charge in [0, 0.05) is 31.7 Å². The fourth-order valence-corrected chi connectivity index (χ4v) is 3.58. The van der Waals surface area contributed by atoms with Crippen molar-refractivity contribution in [1.82, 2.24) is 9.80 Å². The van der Waals surface area contributed by atoms with Gasteiger partial charge in [-0.25, -0.2) is 0 Å². The number of hydrogen-bond donors (Lipinski definition) is 1. The third-order valence-corrected chi connectivity index (χ3v) is 5.41. The molecule has 2 unspecified atom stereocenters. The second-order valence-electron chi connectivity index (χ2n) is 6.07. The molecule has 1 aliphatic carbocycles. The maximum absolute atomic E-state index is 4.56. The van der Waals surface area contributed by atoms with Gasteiger partial charge in [-0.3, -0.25) is 9.80 Å². The second-order valence-corrected chi connectivity index (χ2v) is 6.39. The van der Waals surface area contributed by atoms with Crippen molar-refractivity contribution < 1.29 is 0 Å². The van der Waals surface area contributed by atoms with E-state index in [0.29, 0.717) is 17.5 Å². The minimum Gasteiger partial charge on any atom is -0.300 e. The average Bonchev–Trinajstić information content (AvgIpc) is 2.20. The predicted molar refractivity (Wildman–Crippen MR) is 73.3 cm³/mol. The lowest BCUT2D eigenvalue weighted by Gasteiger charge is -2.49. The van der Waals surface area contributed by atoms with Crippen LogP contribution in [0.15, 0.2) is 0 Å². The number of nitrogens with zero attached hydrogens (tertiary/aromatic N) is 2. The number of piperazine rings is 1. The maximum atomic E-state index is 4.56. The fraction of sp³-hybridized carbons (Fsp3) is 1.00. The van der Waals surface area contributed by atoms with Crippen LogP contribution in [-0.2, 0) is 0 Å². The molecule has 1 aliphatic heterocycles. The molecular weight excluding hydrogens is 216 g/mol. The Balaban J connectivity index is 1.91. The molecule has 0 spiro atoms. The van der Waals surface area contributed by atoms with Crippen LogP contribution in [0.1, 0.15) is 33.1 Å². The Bertz CT molecular complexity index is 223. The summed E-state index contributed by atoms with van der Waals surface area (Å²) in [6, 6.07) is 1.39. The zero-order valence-electron chi connectivity index (χ0n) is 10.9. The third-order valence-electron chi connectivity index (χ3n) is 4.74. The van der Waals surface area contributed by atoms with E-state index in [1.54, 1.807) is 0 Å². The quantitative estimate of drug-likeness (QED) is 0.757. The molecule has 1 saturated carbocycles. The highest BCUT2D eigenvalue weighted by atomic mass is 32.1. The van der Waals surface area contributed by atoms with Crippen LogP contribution in [0, 0.1) is 5.41 Å². The Labute approximate surface area is 106 Å². The molecule has 16 heavy (non-hydrogen) atoms. The van der Waals surface area contributed by atoms with Crippen LogP contribution in [0.3, 0.4) is 0 Å². The molecule has 2 fully saturated rings. The smallest absolute Gasteiger partial charge is 0.0195 e. The molecule has 2 atom stereocenters. The van der Waals surface area contributed by atoms with Gasteiger partial charge in [0.15, 0.2) is 0 Å². The molecule has 0 amide bonds. The highest BCUT2D eigenvalue weighted by molar-refractivity contribution is 7.80. The van der Waals surface area contributed by atoms with Crippen molar-refractivity contribution in [3.05, 3.63) is 0 Å². The number of hydrogen-bond acceptors (Lipinski definition) is 3. The summed E-state index contributed by atoms with van der Waals surface area (Å²) in [6.45, 7) is 8.43. The van der Waals surface area contributed by atoms with Crippen molar-refractivity contribution in [3.8, 4) is 0 Å². The Morgan fingerprint density at radius 1 is 1.19 bits per heavy atom. The van der Waals surface area contributed by atoms with E-state index in [2.05, 4.69) is 43.3 Å². The predicted octanol–water partition coefficient (Wildman–Crippen LogP) is 2.11. The van der Waals surface area contributed by atoms with Gasteiger partial charge < -0.3 is 0 Å². The summed E-state index contributed by atoms with van der Waals surface area (Å²) in [4.78, 5) is 5.18. The first kappa shape index (κ1) is 12.7. The molecule has 1 heterocycles. The Hall–Kier alpha value is 0.270. The molecule has 0 radical (unpaired) electrons. The molecule has 0 aromatic heterocycles. The molecule has 94 valence electrons. The Kier molecular flexibility index (Phi) is 3.87. The topological polar surface area (TPSA) is 6.48 Å². The van der Waals surface area contributed by atoms with Crippen LogP contribution in [0.4, 0.5) is 0 Å². The van der Waals surface area contributed by atoms with Crippen LogP contribution in [0.25, 0.3) is 0 Å². The van der Waals surface area contributed by atoms with E-state index in [1.807, 2.05) is 0 Å². The largest absolute Gasteiger partial charge is 0.300 e. The SMILES string of the molecule is CC1CN(CC2(CS)CCC2)CC(C)N1C. The minimum atomic E-state index is 0.554. The lowest BCUT2D eigenvalue weighted by Crippen LogP contribution is -2.57. The molecule has 0 N–H and O–H groups in total. The van der Waals surface area contributed by atoms with Crippen LogP contribution < -0.4 is 0 Å². The molecule has 2 aliphatic rings. The van der Waals surface area contributed by atoms with Crippen molar-refractivity contribution in [1.29, 1.82) is 0 Å². The average molecular weight is 242 g/mol. The van der Waals surface area contributed by atoms with Crippen molar-refractivity contribution in [2.24, 2.45) is 5.41 Å². The van der Waals surface area contributed by atoms with Crippen LogP contribution in [-0.4, -0.2) is 54.3 Å².